The first-order valence-electron chi connectivity index (χ1n) is 12.6. The molecule has 196 valence electrons. The summed E-state index contributed by atoms with van der Waals surface area (Å²) in [5.41, 5.74) is 2.65. The maximum atomic E-state index is 13.6. The van der Waals surface area contributed by atoms with Gasteiger partial charge in [-0.25, -0.2) is 0 Å². The second-order valence-corrected chi connectivity index (χ2v) is 11.5. The van der Waals surface area contributed by atoms with Gasteiger partial charge in [0.1, 0.15) is 0 Å². The number of piperazine rings is 1. The third-order valence-corrected chi connectivity index (χ3v) is 7.67. The van der Waals surface area contributed by atoms with Crippen molar-refractivity contribution in [2.75, 3.05) is 49.6 Å². The summed E-state index contributed by atoms with van der Waals surface area (Å²) in [6, 6.07) is 12.9. The van der Waals surface area contributed by atoms with Gasteiger partial charge in [0, 0.05) is 53.9 Å². The quantitative estimate of drug-likeness (QED) is 0.267. The molecule has 0 unspecified atom stereocenters. The number of carbonyl (C=O) groups excluding carboxylic acids is 2. The lowest BCUT2D eigenvalue weighted by molar-refractivity contribution is -0.133. The molecule has 1 atom stereocenters. The number of carbonyl (C=O) groups is 2. The van der Waals surface area contributed by atoms with Crippen LogP contribution in [-0.2, 0) is 11.2 Å². The lowest BCUT2D eigenvalue weighted by Crippen LogP contribution is -2.55. The van der Waals surface area contributed by atoms with E-state index in [1.165, 1.54) is 0 Å². The first-order valence-corrected chi connectivity index (χ1v) is 14.8. The van der Waals surface area contributed by atoms with Gasteiger partial charge in [0.25, 0.3) is 0 Å². The van der Waals surface area contributed by atoms with E-state index in [9.17, 15) is 9.59 Å². The standard InChI is InChI=1S/C28H37Cl2N3O2S/c1-20(2)17-27(34)23-7-4-5-8-26(23)32-12-14-33(15-13-32)28(35)25(31-11-6-16-36-3)18-21-9-10-22(29)19-24(21)30/h4-5,7-10,19-20,25,31H,6,11-18H2,1-3H3/t25-/m1/s1. The minimum atomic E-state index is -0.350. The van der Waals surface area contributed by atoms with Crippen LogP contribution >= 0.6 is 35.0 Å². The first kappa shape index (κ1) is 28.8. The largest absolute Gasteiger partial charge is 0.367 e. The summed E-state index contributed by atoms with van der Waals surface area (Å²) in [5.74, 6) is 1.63. The van der Waals surface area contributed by atoms with Crippen molar-refractivity contribution in [1.82, 2.24) is 10.2 Å². The molecule has 2 aromatic carbocycles. The van der Waals surface area contributed by atoms with Crippen LogP contribution in [0.5, 0.6) is 0 Å². The number of anilines is 1. The number of amides is 1. The summed E-state index contributed by atoms with van der Waals surface area (Å²) >= 11 is 14.3. The average Bonchev–Trinajstić information content (AvgIpc) is 2.86. The Labute approximate surface area is 229 Å². The molecular weight excluding hydrogens is 513 g/mol. The zero-order valence-corrected chi connectivity index (χ0v) is 23.8. The van der Waals surface area contributed by atoms with Crippen LogP contribution in [0.15, 0.2) is 42.5 Å². The minimum absolute atomic E-state index is 0.0917. The third-order valence-electron chi connectivity index (χ3n) is 6.38. The fraction of sp³-hybridized carbons (Fsp3) is 0.500. The van der Waals surface area contributed by atoms with Crippen LogP contribution in [0.2, 0.25) is 10.0 Å². The van der Waals surface area contributed by atoms with Crippen molar-refractivity contribution in [2.24, 2.45) is 5.92 Å². The topological polar surface area (TPSA) is 52.7 Å². The molecule has 1 heterocycles. The zero-order valence-electron chi connectivity index (χ0n) is 21.4. The number of halogens is 2. The Morgan fingerprint density at radius 3 is 2.44 bits per heavy atom. The summed E-state index contributed by atoms with van der Waals surface area (Å²) < 4.78 is 0. The van der Waals surface area contributed by atoms with Gasteiger partial charge in [-0.2, -0.15) is 11.8 Å². The summed E-state index contributed by atoms with van der Waals surface area (Å²) in [4.78, 5) is 30.6. The summed E-state index contributed by atoms with van der Waals surface area (Å²) in [6.07, 6.45) is 4.13. The Balaban J connectivity index is 1.68. The van der Waals surface area contributed by atoms with Gasteiger partial charge >= 0.3 is 0 Å². The lowest BCUT2D eigenvalue weighted by atomic mass is 9.99. The van der Waals surface area contributed by atoms with Gasteiger partial charge in [-0.1, -0.05) is 55.2 Å². The molecule has 1 amide bonds. The van der Waals surface area contributed by atoms with Crippen molar-refractivity contribution in [3.63, 3.8) is 0 Å². The minimum Gasteiger partial charge on any atom is -0.367 e. The Kier molecular flexibility index (Phi) is 11.4. The molecule has 1 aliphatic rings. The number of nitrogens with one attached hydrogen (secondary N) is 1. The van der Waals surface area contributed by atoms with Crippen LogP contribution in [0.25, 0.3) is 0 Å². The average molecular weight is 551 g/mol. The molecule has 1 N–H and O–H groups in total. The number of hydrogen-bond donors (Lipinski definition) is 1. The summed E-state index contributed by atoms with van der Waals surface area (Å²) in [5, 5.41) is 4.64. The lowest BCUT2D eigenvalue weighted by Gasteiger charge is -2.38. The van der Waals surface area contributed by atoms with E-state index in [4.69, 9.17) is 23.2 Å². The highest BCUT2D eigenvalue weighted by atomic mass is 35.5. The highest BCUT2D eigenvalue weighted by Crippen LogP contribution is 2.26. The predicted molar refractivity (Wildman–Crippen MR) is 154 cm³/mol. The Morgan fingerprint density at radius 1 is 1.06 bits per heavy atom. The van der Waals surface area contributed by atoms with Gasteiger partial charge in [0.05, 0.1) is 6.04 Å². The van der Waals surface area contributed by atoms with Crippen LogP contribution in [0.1, 0.15) is 42.6 Å². The number of ketones is 1. The van der Waals surface area contributed by atoms with Gasteiger partial charge in [-0.3, -0.25) is 9.59 Å². The van der Waals surface area contributed by atoms with Crippen LogP contribution in [-0.4, -0.2) is 67.4 Å². The molecule has 0 radical (unpaired) electrons. The second kappa shape index (κ2) is 14.3. The fourth-order valence-corrected chi connectivity index (χ4v) is 5.42. The van der Waals surface area contributed by atoms with Crippen LogP contribution < -0.4 is 10.2 Å². The van der Waals surface area contributed by atoms with Crippen LogP contribution in [0.4, 0.5) is 5.69 Å². The van der Waals surface area contributed by atoms with E-state index in [0.717, 1.165) is 35.5 Å². The van der Waals surface area contributed by atoms with Crippen LogP contribution in [0.3, 0.4) is 0 Å². The van der Waals surface area contributed by atoms with Crippen molar-refractivity contribution >= 4 is 52.3 Å². The summed E-state index contributed by atoms with van der Waals surface area (Å²) in [7, 11) is 0. The molecule has 8 heteroatoms. The van der Waals surface area contributed by atoms with Crippen molar-refractivity contribution in [3.05, 3.63) is 63.6 Å². The van der Waals surface area contributed by atoms with Crippen LogP contribution in [0, 0.1) is 5.92 Å². The number of thioether (sulfide) groups is 1. The van der Waals surface area contributed by atoms with Gasteiger partial charge in [0.2, 0.25) is 5.91 Å². The van der Waals surface area contributed by atoms with E-state index < -0.39 is 0 Å². The number of rotatable bonds is 12. The molecule has 1 fully saturated rings. The number of hydrogen-bond acceptors (Lipinski definition) is 5. The molecule has 1 saturated heterocycles. The molecular formula is C28H37Cl2N3O2S. The van der Waals surface area contributed by atoms with Gasteiger partial charge in [-0.15, -0.1) is 0 Å². The van der Waals surface area contributed by atoms with Crippen molar-refractivity contribution < 1.29 is 9.59 Å². The molecule has 2 aromatic rings. The molecule has 1 aliphatic heterocycles. The number of benzene rings is 2. The normalized spacial score (nSPS) is 14.8. The third kappa shape index (κ3) is 8.14. The molecule has 0 saturated carbocycles. The SMILES string of the molecule is CSCCCN[C@H](Cc1ccc(Cl)cc1Cl)C(=O)N1CCN(c2ccccc2C(=O)CC(C)C)CC1. The maximum absolute atomic E-state index is 13.6. The maximum Gasteiger partial charge on any atom is 0.240 e. The van der Waals surface area contributed by atoms with Crippen molar-refractivity contribution in [1.29, 1.82) is 0 Å². The highest BCUT2D eigenvalue weighted by Gasteiger charge is 2.29. The Hall–Kier alpha value is -1.73. The molecule has 0 aromatic heterocycles. The predicted octanol–water partition coefficient (Wildman–Crippen LogP) is 5.82. The molecule has 3 rings (SSSR count). The van der Waals surface area contributed by atoms with Crippen molar-refractivity contribution in [3.8, 4) is 0 Å². The second-order valence-electron chi connectivity index (χ2n) is 9.64. The Bertz CT molecular complexity index is 1030. The van der Waals surface area contributed by atoms with E-state index in [1.54, 1.807) is 17.8 Å². The van der Waals surface area contributed by atoms with E-state index in [-0.39, 0.29) is 17.7 Å². The monoisotopic (exact) mass is 549 g/mol. The molecule has 5 nitrogen and oxygen atoms in total. The van der Waals surface area contributed by atoms with E-state index in [0.29, 0.717) is 55.0 Å². The van der Waals surface area contributed by atoms with E-state index in [1.807, 2.05) is 41.3 Å². The van der Waals surface area contributed by atoms with Gasteiger partial charge in [-0.05, 0) is 67.1 Å². The van der Waals surface area contributed by atoms with Gasteiger partial charge in [0.15, 0.2) is 5.78 Å². The first-order chi connectivity index (χ1) is 17.3. The highest BCUT2D eigenvalue weighted by molar-refractivity contribution is 7.98. The number of para-hydroxylation sites is 1. The number of nitrogens with zero attached hydrogens (tertiary/aromatic N) is 2. The molecule has 0 spiro atoms. The van der Waals surface area contributed by atoms with Gasteiger partial charge < -0.3 is 15.1 Å². The molecule has 0 bridgehead atoms. The Morgan fingerprint density at radius 2 is 1.78 bits per heavy atom. The van der Waals surface area contributed by atoms with Crippen molar-refractivity contribution in [2.45, 2.75) is 39.2 Å². The number of Topliss-reactive ketones (excluding diaryl/α,β-unsaturated/α-hetero) is 1. The summed E-state index contributed by atoms with van der Waals surface area (Å²) in [6.45, 7) is 7.51. The van der Waals surface area contributed by atoms with E-state index >= 15 is 0 Å². The fourth-order valence-electron chi connectivity index (χ4n) is 4.50. The molecule has 0 aliphatic carbocycles. The van der Waals surface area contributed by atoms with E-state index in [2.05, 4.69) is 30.3 Å². The zero-order chi connectivity index (χ0) is 26.1. The smallest absolute Gasteiger partial charge is 0.240 e. The molecule has 36 heavy (non-hydrogen) atoms.